The minimum absolute atomic E-state index is 0.146. The summed E-state index contributed by atoms with van der Waals surface area (Å²) in [6, 6.07) is 6.22. The van der Waals surface area contributed by atoms with E-state index in [0.29, 0.717) is 18.0 Å². The molecule has 0 saturated carbocycles. The molecule has 0 unspecified atom stereocenters. The molecule has 0 aliphatic carbocycles. The van der Waals surface area contributed by atoms with Gasteiger partial charge in [0.15, 0.2) is 0 Å². The molecule has 1 aromatic carbocycles. The lowest BCUT2D eigenvalue weighted by atomic mass is 10.1. The van der Waals surface area contributed by atoms with Crippen LogP contribution in [0.3, 0.4) is 0 Å². The van der Waals surface area contributed by atoms with Gasteiger partial charge in [-0.1, -0.05) is 6.07 Å². The van der Waals surface area contributed by atoms with Gasteiger partial charge in [-0.05, 0) is 73.7 Å². The third kappa shape index (κ3) is 3.81. The standard InChI is InChI=1S/C21H25N3O3S/c1-15-12-17(22-8-2-3-9-22)7-6-16(15)13-18-20(26)24(21(27)28-18)14-19(25)23-10-4-5-11-23/h6-7,12-13H,2-5,8-11,14H2,1H3. The topological polar surface area (TPSA) is 60.9 Å². The van der Waals surface area contributed by atoms with Gasteiger partial charge in [0.25, 0.3) is 11.1 Å². The van der Waals surface area contributed by atoms with Crippen LogP contribution in [-0.4, -0.2) is 59.6 Å². The highest BCUT2D eigenvalue weighted by molar-refractivity contribution is 8.18. The zero-order chi connectivity index (χ0) is 19.7. The summed E-state index contributed by atoms with van der Waals surface area (Å²) in [5.74, 6) is -0.516. The van der Waals surface area contributed by atoms with Crippen molar-refractivity contribution in [3.63, 3.8) is 0 Å². The second-order valence-electron chi connectivity index (χ2n) is 7.59. The van der Waals surface area contributed by atoms with Gasteiger partial charge in [-0.15, -0.1) is 0 Å². The Balaban J connectivity index is 1.48. The third-order valence-corrected chi connectivity index (χ3v) is 6.54. The fraction of sp³-hybridized carbons (Fsp3) is 0.476. The van der Waals surface area contributed by atoms with Gasteiger partial charge in [0.2, 0.25) is 5.91 Å². The van der Waals surface area contributed by atoms with E-state index in [2.05, 4.69) is 17.0 Å². The average Bonchev–Trinajstić information content (AvgIpc) is 3.42. The molecule has 0 spiro atoms. The Bertz CT molecular complexity index is 839. The Hall–Kier alpha value is -2.28. The fourth-order valence-electron chi connectivity index (χ4n) is 3.97. The molecule has 7 heteroatoms. The normalized spacial score (nSPS) is 21.5. The van der Waals surface area contributed by atoms with Gasteiger partial charge in [-0.2, -0.15) is 0 Å². The average molecular weight is 400 g/mol. The Labute approximate surface area is 169 Å². The lowest BCUT2D eigenvalue weighted by Gasteiger charge is -2.19. The Kier molecular flexibility index (Phi) is 5.44. The van der Waals surface area contributed by atoms with Gasteiger partial charge in [0.05, 0.1) is 4.91 Å². The van der Waals surface area contributed by atoms with Crippen LogP contribution in [0.15, 0.2) is 23.1 Å². The van der Waals surface area contributed by atoms with Gasteiger partial charge < -0.3 is 9.80 Å². The summed E-state index contributed by atoms with van der Waals surface area (Å²) >= 11 is 0.917. The summed E-state index contributed by atoms with van der Waals surface area (Å²) in [4.78, 5) is 42.9. The van der Waals surface area contributed by atoms with Crippen LogP contribution < -0.4 is 4.90 Å². The molecule has 4 rings (SSSR count). The predicted molar refractivity (Wildman–Crippen MR) is 111 cm³/mol. The second-order valence-corrected chi connectivity index (χ2v) is 8.58. The highest BCUT2D eigenvalue weighted by Crippen LogP contribution is 2.33. The van der Waals surface area contributed by atoms with Crippen molar-refractivity contribution in [2.75, 3.05) is 37.6 Å². The van der Waals surface area contributed by atoms with Gasteiger partial charge in [0.1, 0.15) is 6.54 Å². The molecule has 3 amide bonds. The Morgan fingerprint density at radius 2 is 1.75 bits per heavy atom. The number of likely N-dealkylation sites (tertiary alicyclic amines) is 1. The van der Waals surface area contributed by atoms with E-state index in [-0.39, 0.29) is 23.6 Å². The zero-order valence-electron chi connectivity index (χ0n) is 16.1. The summed E-state index contributed by atoms with van der Waals surface area (Å²) in [5.41, 5.74) is 3.21. The van der Waals surface area contributed by atoms with Crippen LogP contribution in [0, 0.1) is 6.92 Å². The SMILES string of the molecule is Cc1cc(N2CCCC2)ccc1C=C1SC(=O)N(CC(=O)N2CCCC2)C1=O. The molecule has 3 aliphatic heterocycles. The highest BCUT2D eigenvalue weighted by atomic mass is 32.2. The van der Waals surface area contributed by atoms with Crippen molar-refractivity contribution in [2.24, 2.45) is 0 Å². The quantitative estimate of drug-likeness (QED) is 0.728. The molecule has 0 aromatic heterocycles. The van der Waals surface area contributed by atoms with E-state index < -0.39 is 0 Å². The number of anilines is 1. The van der Waals surface area contributed by atoms with Crippen LogP contribution in [-0.2, 0) is 9.59 Å². The summed E-state index contributed by atoms with van der Waals surface area (Å²) < 4.78 is 0. The van der Waals surface area contributed by atoms with Crippen LogP contribution in [0.25, 0.3) is 6.08 Å². The molecule has 28 heavy (non-hydrogen) atoms. The van der Waals surface area contributed by atoms with E-state index in [1.54, 1.807) is 11.0 Å². The predicted octanol–water partition coefficient (Wildman–Crippen LogP) is 3.25. The van der Waals surface area contributed by atoms with Crippen molar-refractivity contribution >= 4 is 40.6 Å². The number of nitrogens with zero attached hydrogens (tertiary/aromatic N) is 3. The minimum Gasteiger partial charge on any atom is -0.372 e. The molecule has 1 aromatic rings. The maximum Gasteiger partial charge on any atom is 0.294 e. The minimum atomic E-state index is -0.370. The van der Waals surface area contributed by atoms with E-state index in [4.69, 9.17) is 0 Å². The maximum atomic E-state index is 12.7. The van der Waals surface area contributed by atoms with Crippen molar-refractivity contribution in [2.45, 2.75) is 32.6 Å². The van der Waals surface area contributed by atoms with Gasteiger partial charge in [-0.3, -0.25) is 19.3 Å². The molecule has 0 bridgehead atoms. The van der Waals surface area contributed by atoms with E-state index in [1.165, 1.54) is 18.5 Å². The molecule has 0 N–H and O–H groups in total. The molecule has 3 heterocycles. The van der Waals surface area contributed by atoms with Crippen LogP contribution >= 0.6 is 11.8 Å². The third-order valence-electron chi connectivity index (χ3n) is 5.64. The summed E-state index contributed by atoms with van der Waals surface area (Å²) in [5, 5.41) is -0.366. The molecule has 0 atom stereocenters. The van der Waals surface area contributed by atoms with Crippen LogP contribution in [0.5, 0.6) is 0 Å². The highest BCUT2D eigenvalue weighted by Gasteiger charge is 2.37. The monoisotopic (exact) mass is 399 g/mol. The largest absolute Gasteiger partial charge is 0.372 e. The Morgan fingerprint density at radius 1 is 1.07 bits per heavy atom. The molecule has 148 valence electrons. The molecule has 3 saturated heterocycles. The number of imide groups is 1. The van der Waals surface area contributed by atoms with E-state index in [1.807, 2.05) is 13.0 Å². The summed E-state index contributed by atoms with van der Waals surface area (Å²) in [7, 11) is 0. The van der Waals surface area contributed by atoms with E-state index in [0.717, 1.165) is 53.7 Å². The molecular formula is C21H25N3O3S. The van der Waals surface area contributed by atoms with Crippen molar-refractivity contribution in [3.8, 4) is 0 Å². The van der Waals surface area contributed by atoms with Crippen LogP contribution in [0.1, 0.15) is 36.8 Å². The number of carbonyl (C=O) groups excluding carboxylic acids is 3. The van der Waals surface area contributed by atoms with Crippen molar-refractivity contribution in [3.05, 3.63) is 34.2 Å². The number of hydrogen-bond acceptors (Lipinski definition) is 5. The van der Waals surface area contributed by atoms with Crippen molar-refractivity contribution < 1.29 is 14.4 Å². The number of hydrogen-bond donors (Lipinski definition) is 0. The molecule has 3 aliphatic rings. The number of thioether (sulfide) groups is 1. The smallest absolute Gasteiger partial charge is 0.294 e. The number of aryl methyl sites for hydroxylation is 1. The summed E-state index contributed by atoms with van der Waals surface area (Å²) in [6.45, 7) is 5.47. The van der Waals surface area contributed by atoms with Crippen LogP contribution in [0.4, 0.5) is 10.5 Å². The first-order valence-corrected chi connectivity index (χ1v) is 10.7. The van der Waals surface area contributed by atoms with Gasteiger partial charge in [-0.25, -0.2) is 0 Å². The molecule has 6 nitrogen and oxygen atoms in total. The van der Waals surface area contributed by atoms with Crippen molar-refractivity contribution in [1.82, 2.24) is 9.80 Å². The molecule has 3 fully saturated rings. The fourth-order valence-corrected chi connectivity index (χ4v) is 4.80. The van der Waals surface area contributed by atoms with Crippen molar-refractivity contribution in [1.29, 1.82) is 0 Å². The molecular weight excluding hydrogens is 374 g/mol. The zero-order valence-corrected chi connectivity index (χ0v) is 17.0. The number of carbonyl (C=O) groups is 3. The number of rotatable bonds is 4. The number of benzene rings is 1. The van der Waals surface area contributed by atoms with Gasteiger partial charge >= 0.3 is 0 Å². The lowest BCUT2D eigenvalue weighted by Crippen LogP contribution is -2.40. The van der Waals surface area contributed by atoms with Gasteiger partial charge in [0, 0.05) is 31.9 Å². The lowest BCUT2D eigenvalue weighted by molar-refractivity contribution is -0.135. The summed E-state index contributed by atoms with van der Waals surface area (Å²) in [6.07, 6.45) is 6.20. The van der Waals surface area contributed by atoms with E-state index >= 15 is 0 Å². The first kappa shape index (κ1) is 19.1. The van der Waals surface area contributed by atoms with Crippen LogP contribution in [0.2, 0.25) is 0 Å². The first-order chi connectivity index (χ1) is 13.5. The molecule has 0 radical (unpaired) electrons. The first-order valence-electron chi connectivity index (χ1n) is 9.92. The van der Waals surface area contributed by atoms with E-state index in [9.17, 15) is 14.4 Å². The Morgan fingerprint density at radius 3 is 2.43 bits per heavy atom. The number of amides is 3. The maximum absolute atomic E-state index is 12.7. The second kappa shape index (κ2) is 7.99.